The maximum Gasteiger partial charge on any atom is 0.247 e. The number of nitriles is 1. The van der Waals surface area contributed by atoms with Crippen molar-refractivity contribution >= 4 is 11.7 Å². The van der Waals surface area contributed by atoms with Crippen LogP contribution in [0.2, 0.25) is 0 Å². The van der Waals surface area contributed by atoms with E-state index in [1.165, 1.54) is 0 Å². The summed E-state index contributed by atoms with van der Waals surface area (Å²) < 4.78 is 1.92. The van der Waals surface area contributed by atoms with Crippen molar-refractivity contribution in [1.29, 1.82) is 5.26 Å². The summed E-state index contributed by atoms with van der Waals surface area (Å²) in [4.78, 5) is 17.8. The fourth-order valence-corrected chi connectivity index (χ4v) is 3.98. The van der Waals surface area contributed by atoms with E-state index < -0.39 is 6.04 Å². The highest BCUT2D eigenvalue weighted by molar-refractivity contribution is 5.95. The molecule has 2 heterocycles. The number of carbonyl (C=O) groups is 1. The summed E-state index contributed by atoms with van der Waals surface area (Å²) in [5, 5.41) is 19.9. The maximum atomic E-state index is 13.4. The van der Waals surface area contributed by atoms with Crippen LogP contribution < -0.4 is 10.6 Å². The molecule has 188 valence electrons. The number of benzene rings is 2. The smallest absolute Gasteiger partial charge is 0.247 e. The van der Waals surface area contributed by atoms with Gasteiger partial charge < -0.3 is 10.6 Å². The van der Waals surface area contributed by atoms with E-state index in [0.29, 0.717) is 17.9 Å². The largest absolute Gasteiger partial charge is 0.309 e. The van der Waals surface area contributed by atoms with Gasteiger partial charge in [-0.3, -0.25) is 9.48 Å². The van der Waals surface area contributed by atoms with Crippen LogP contribution in [-0.2, 0) is 10.3 Å². The number of amides is 1. The number of anilines is 1. The molecule has 0 saturated heterocycles. The Morgan fingerprint density at radius 1 is 0.973 bits per heavy atom. The fourth-order valence-electron chi connectivity index (χ4n) is 3.98. The number of nitrogens with zero attached hydrogens (tertiary/aromatic N) is 4. The normalized spacial score (nSPS) is 12.9. The molecule has 7 heteroatoms. The zero-order valence-electron chi connectivity index (χ0n) is 21.6. The number of hydrogen-bond acceptors (Lipinski definition) is 5. The van der Waals surface area contributed by atoms with Crippen LogP contribution in [0.15, 0.2) is 85.3 Å². The van der Waals surface area contributed by atoms with Gasteiger partial charge in [0.1, 0.15) is 11.9 Å². The fraction of sp³-hybridized carbons (Fsp3) is 0.267. The molecular formula is C30H32N6O. The molecular weight excluding hydrogens is 460 g/mol. The Morgan fingerprint density at radius 3 is 2.30 bits per heavy atom. The summed E-state index contributed by atoms with van der Waals surface area (Å²) in [6.45, 7) is 8.98. The van der Waals surface area contributed by atoms with Crippen molar-refractivity contribution in [2.75, 3.05) is 11.9 Å². The average molecular weight is 493 g/mol. The molecule has 0 aliphatic rings. The van der Waals surface area contributed by atoms with Crippen LogP contribution >= 0.6 is 0 Å². The quantitative estimate of drug-likeness (QED) is 0.332. The number of aromatic nitrogens is 3. The van der Waals surface area contributed by atoms with Crippen molar-refractivity contribution in [1.82, 2.24) is 20.1 Å². The van der Waals surface area contributed by atoms with Crippen molar-refractivity contribution in [3.63, 3.8) is 0 Å². The molecule has 0 bridgehead atoms. The van der Waals surface area contributed by atoms with Gasteiger partial charge in [0.25, 0.3) is 0 Å². The summed E-state index contributed by atoms with van der Waals surface area (Å²) in [5.74, 6) is 0.456. The molecule has 0 radical (unpaired) electrons. The molecule has 2 aromatic heterocycles. The van der Waals surface area contributed by atoms with Crippen LogP contribution in [-0.4, -0.2) is 27.2 Å². The SMILES string of the molecule is C[C@@H](CN[C@@H](C(=O)Nc1ccc(-c2cnn(C(C)(C)C)c2)cn1)c1ccccc1)c1ccc(C#N)cc1. The Morgan fingerprint density at radius 2 is 1.70 bits per heavy atom. The highest BCUT2D eigenvalue weighted by Gasteiger charge is 2.22. The van der Waals surface area contributed by atoms with Gasteiger partial charge in [0, 0.05) is 30.1 Å². The van der Waals surface area contributed by atoms with E-state index >= 15 is 0 Å². The van der Waals surface area contributed by atoms with E-state index in [0.717, 1.165) is 22.3 Å². The molecule has 0 aliphatic heterocycles. The number of pyridine rings is 1. The van der Waals surface area contributed by atoms with E-state index in [2.05, 4.69) is 54.5 Å². The third-order valence-corrected chi connectivity index (χ3v) is 6.25. The molecule has 0 aliphatic carbocycles. The summed E-state index contributed by atoms with van der Waals surface area (Å²) >= 11 is 0. The van der Waals surface area contributed by atoms with E-state index in [1.54, 1.807) is 6.20 Å². The van der Waals surface area contributed by atoms with Crippen LogP contribution in [0.5, 0.6) is 0 Å². The van der Waals surface area contributed by atoms with E-state index in [1.807, 2.05) is 83.8 Å². The van der Waals surface area contributed by atoms with Crippen molar-refractivity contribution in [3.8, 4) is 17.2 Å². The molecule has 0 unspecified atom stereocenters. The van der Waals surface area contributed by atoms with E-state index in [-0.39, 0.29) is 17.4 Å². The Labute approximate surface area is 218 Å². The predicted molar refractivity (Wildman–Crippen MR) is 146 cm³/mol. The first-order chi connectivity index (χ1) is 17.7. The van der Waals surface area contributed by atoms with Crippen molar-refractivity contribution < 1.29 is 4.79 Å². The van der Waals surface area contributed by atoms with Crippen molar-refractivity contribution in [2.45, 2.75) is 45.2 Å². The van der Waals surface area contributed by atoms with Crippen LogP contribution in [0.3, 0.4) is 0 Å². The predicted octanol–water partition coefficient (Wildman–Crippen LogP) is 5.64. The lowest BCUT2D eigenvalue weighted by Crippen LogP contribution is -2.35. The zero-order valence-corrected chi connectivity index (χ0v) is 21.6. The first-order valence-electron chi connectivity index (χ1n) is 12.4. The second-order valence-electron chi connectivity index (χ2n) is 10.2. The second-order valence-corrected chi connectivity index (χ2v) is 10.2. The van der Waals surface area contributed by atoms with Gasteiger partial charge in [0.15, 0.2) is 0 Å². The van der Waals surface area contributed by atoms with Crippen LogP contribution in [0.1, 0.15) is 56.3 Å². The molecule has 0 fully saturated rings. The monoisotopic (exact) mass is 492 g/mol. The zero-order chi connectivity index (χ0) is 26.4. The molecule has 4 aromatic rings. The molecule has 4 rings (SSSR count). The number of carbonyl (C=O) groups excluding carboxylic acids is 1. The lowest BCUT2D eigenvalue weighted by Gasteiger charge is -2.21. The minimum absolute atomic E-state index is 0.101. The molecule has 37 heavy (non-hydrogen) atoms. The van der Waals surface area contributed by atoms with E-state index in [4.69, 9.17) is 5.26 Å². The second kappa shape index (κ2) is 11.2. The first-order valence-corrected chi connectivity index (χ1v) is 12.4. The average Bonchev–Trinajstić information content (AvgIpc) is 3.41. The highest BCUT2D eigenvalue weighted by atomic mass is 16.2. The van der Waals surface area contributed by atoms with Crippen LogP contribution in [0.4, 0.5) is 5.82 Å². The van der Waals surface area contributed by atoms with Gasteiger partial charge in [-0.15, -0.1) is 0 Å². The Kier molecular flexibility index (Phi) is 7.80. The molecule has 2 aromatic carbocycles. The molecule has 1 amide bonds. The minimum Gasteiger partial charge on any atom is -0.309 e. The first kappa shape index (κ1) is 25.8. The summed E-state index contributed by atoms with van der Waals surface area (Å²) in [6.07, 6.45) is 5.57. The highest BCUT2D eigenvalue weighted by Crippen LogP contribution is 2.23. The molecule has 0 saturated carbocycles. The van der Waals surface area contributed by atoms with Crippen molar-refractivity contribution in [2.24, 2.45) is 0 Å². The van der Waals surface area contributed by atoms with Crippen LogP contribution in [0.25, 0.3) is 11.1 Å². The topological polar surface area (TPSA) is 95.6 Å². The lowest BCUT2D eigenvalue weighted by atomic mass is 9.98. The number of nitrogens with one attached hydrogen (secondary N) is 2. The standard InChI is InChI=1S/C30H32N6O/c1-21(23-12-10-22(16-31)11-13-23)17-33-28(24-8-6-5-7-9-24)29(37)35-27-15-14-25(18-32-27)26-19-34-36(20-26)30(2,3)4/h5-15,18-21,28,33H,17H2,1-4H3,(H,32,35,37)/t21-,28+/m0/s1. The Balaban J connectivity index is 1.45. The maximum absolute atomic E-state index is 13.4. The van der Waals surface area contributed by atoms with Gasteiger partial charge >= 0.3 is 0 Å². The van der Waals surface area contributed by atoms with Gasteiger partial charge in [-0.25, -0.2) is 4.98 Å². The van der Waals surface area contributed by atoms with Gasteiger partial charge in [-0.05, 0) is 62.1 Å². The summed E-state index contributed by atoms with van der Waals surface area (Å²) in [5.41, 5.74) is 4.41. The molecule has 7 nitrogen and oxygen atoms in total. The summed E-state index contributed by atoms with van der Waals surface area (Å²) in [6, 6.07) is 22.5. The van der Waals surface area contributed by atoms with Gasteiger partial charge in [0.2, 0.25) is 5.91 Å². The third kappa shape index (κ3) is 6.49. The van der Waals surface area contributed by atoms with Gasteiger partial charge in [-0.2, -0.15) is 10.4 Å². The third-order valence-electron chi connectivity index (χ3n) is 6.25. The number of rotatable bonds is 8. The van der Waals surface area contributed by atoms with Crippen molar-refractivity contribution in [3.05, 3.63) is 102 Å². The van der Waals surface area contributed by atoms with E-state index in [9.17, 15) is 4.79 Å². The number of hydrogen-bond donors (Lipinski definition) is 2. The van der Waals surface area contributed by atoms with Crippen LogP contribution in [0, 0.1) is 11.3 Å². The van der Waals surface area contributed by atoms with Gasteiger partial charge in [-0.1, -0.05) is 49.4 Å². The molecule has 2 atom stereocenters. The summed E-state index contributed by atoms with van der Waals surface area (Å²) in [7, 11) is 0. The molecule has 2 N–H and O–H groups in total. The van der Waals surface area contributed by atoms with Gasteiger partial charge in [0.05, 0.1) is 23.4 Å². The Bertz CT molecular complexity index is 1360. The molecule has 0 spiro atoms. The minimum atomic E-state index is -0.548. The Hall–Kier alpha value is -4.28. The lowest BCUT2D eigenvalue weighted by molar-refractivity contribution is -0.118.